The molecule has 0 atom stereocenters. The van der Waals surface area contributed by atoms with Crippen LogP contribution in [0.1, 0.15) is 42.5 Å². The van der Waals surface area contributed by atoms with E-state index in [0.717, 1.165) is 25.5 Å². The van der Waals surface area contributed by atoms with Gasteiger partial charge < -0.3 is 10.4 Å². The molecule has 0 saturated heterocycles. The van der Waals surface area contributed by atoms with Crippen molar-refractivity contribution in [2.75, 3.05) is 17.5 Å². The summed E-state index contributed by atoms with van der Waals surface area (Å²) in [5.41, 5.74) is -0.600. The molecule has 7 nitrogen and oxygen atoms in total. The monoisotopic (exact) mass is 354 g/mol. The van der Waals surface area contributed by atoms with Crippen LogP contribution in [0.3, 0.4) is 0 Å². The van der Waals surface area contributed by atoms with Gasteiger partial charge in [-0.25, -0.2) is 8.42 Å². The van der Waals surface area contributed by atoms with Gasteiger partial charge in [0.15, 0.2) is 0 Å². The number of amides is 1. The van der Waals surface area contributed by atoms with Crippen LogP contribution in [0.25, 0.3) is 0 Å². The number of carbonyl (C=O) groups is 2. The summed E-state index contributed by atoms with van der Waals surface area (Å²) in [6, 6.07) is 6.22. The molecular weight excluding hydrogens is 332 g/mol. The SMILES string of the molecule is CS(=O)(=O)Nc1ccccc1C(=O)NCC1(C(=O)O)CCCCC1. The van der Waals surface area contributed by atoms with Crippen LogP contribution in [0.5, 0.6) is 0 Å². The molecule has 0 bridgehead atoms. The Hall–Kier alpha value is -2.09. The number of aliphatic carboxylic acids is 1. The number of para-hydroxylation sites is 1. The molecule has 0 radical (unpaired) electrons. The molecule has 132 valence electrons. The van der Waals surface area contributed by atoms with Gasteiger partial charge in [0.05, 0.1) is 22.9 Å². The Bertz CT molecular complexity index is 724. The van der Waals surface area contributed by atoms with Crippen LogP contribution in [0, 0.1) is 5.41 Å². The Labute approximate surface area is 141 Å². The molecule has 1 aromatic carbocycles. The molecule has 1 aliphatic carbocycles. The van der Waals surface area contributed by atoms with Crippen molar-refractivity contribution < 1.29 is 23.1 Å². The molecule has 24 heavy (non-hydrogen) atoms. The lowest BCUT2D eigenvalue weighted by Gasteiger charge is -2.33. The van der Waals surface area contributed by atoms with Gasteiger partial charge in [0.2, 0.25) is 10.0 Å². The zero-order valence-corrected chi connectivity index (χ0v) is 14.4. The predicted molar refractivity (Wildman–Crippen MR) is 90.4 cm³/mol. The van der Waals surface area contributed by atoms with Crippen molar-refractivity contribution >= 4 is 27.6 Å². The number of benzene rings is 1. The number of rotatable bonds is 6. The second kappa shape index (κ2) is 7.21. The van der Waals surface area contributed by atoms with Gasteiger partial charge in [0, 0.05) is 6.54 Å². The zero-order chi connectivity index (χ0) is 17.8. The van der Waals surface area contributed by atoms with E-state index in [1.54, 1.807) is 12.1 Å². The minimum atomic E-state index is -3.52. The lowest BCUT2D eigenvalue weighted by molar-refractivity contribution is -0.150. The maximum absolute atomic E-state index is 12.4. The highest BCUT2D eigenvalue weighted by molar-refractivity contribution is 7.92. The molecular formula is C16H22N2O5S. The van der Waals surface area contributed by atoms with Gasteiger partial charge in [-0.2, -0.15) is 0 Å². The summed E-state index contributed by atoms with van der Waals surface area (Å²) in [5, 5.41) is 12.2. The summed E-state index contributed by atoms with van der Waals surface area (Å²) >= 11 is 0. The minimum absolute atomic E-state index is 0.0361. The first-order chi connectivity index (χ1) is 11.2. The van der Waals surface area contributed by atoms with Crippen molar-refractivity contribution in [2.45, 2.75) is 32.1 Å². The molecule has 0 aliphatic heterocycles. The van der Waals surface area contributed by atoms with Crippen molar-refractivity contribution in [1.29, 1.82) is 0 Å². The standard InChI is InChI=1S/C16H22N2O5S/c1-24(22,23)18-13-8-4-3-7-12(13)14(19)17-11-16(15(20)21)9-5-2-6-10-16/h3-4,7-8,18H,2,5-6,9-11H2,1H3,(H,17,19)(H,20,21). The molecule has 0 aromatic heterocycles. The lowest BCUT2D eigenvalue weighted by atomic mass is 9.74. The van der Waals surface area contributed by atoms with E-state index in [2.05, 4.69) is 10.0 Å². The maximum Gasteiger partial charge on any atom is 0.311 e. The molecule has 0 spiro atoms. The Balaban J connectivity index is 2.14. The fraction of sp³-hybridized carbons (Fsp3) is 0.500. The van der Waals surface area contributed by atoms with E-state index in [4.69, 9.17) is 0 Å². The second-order valence-corrected chi connectivity index (χ2v) is 8.00. The van der Waals surface area contributed by atoms with Crippen LogP contribution < -0.4 is 10.0 Å². The highest BCUT2D eigenvalue weighted by Gasteiger charge is 2.39. The molecule has 8 heteroatoms. The van der Waals surface area contributed by atoms with Crippen molar-refractivity contribution in [3.63, 3.8) is 0 Å². The summed E-state index contributed by atoms with van der Waals surface area (Å²) in [5.74, 6) is -1.39. The molecule has 1 amide bonds. The summed E-state index contributed by atoms with van der Waals surface area (Å²) in [6.07, 6.45) is 4.73. The lowest BCUT2D eigenvalue weighted by Crippen LogP contribution is -2.44. The zero-order valence-electron chi connectivity index (χ0n) is 13.5. The van der Waals surface area contributed by atoms with E-state index in [1.165, 1.54) is 12.1 Å². The third-order valence-corrected chi connectivity index (χ3v) is 4.91. The summed E-state index contributed by atoms with van der Waals surface area (Å²) in [7, 11) is -3.52. The third kappa shape index (κ3) is 4.47. The molecule has 1 fully saturated rings. The van der Waals surface area contributed by atoms with E-state index < -0.39 is 27.3 Å². The first kappa shape index (κ1) is 18.3. The molecule has 3 N–H and O–H groups in total. The minimum Gasteiger partial charge on any atom is -0.481 e. The topological polar surface area (TPSA) is 113 Å². The van der Waals surface area contributed by atoms with Gasteiger partial charge in [-0.3, -0.25) is 14.3 Å². The Kier molecular flexibility index (Phi) is 5.48. The predicted octanol–water partition coefficient (Wildman–Crippen LogP) is 1.82. The third-order valence-electron chi connectivity index (χ3n) is 4.32. The maximum atomic E-state index is 12.4. The number of anilines is 1. The average molecular weight is 354 g/mol. The molecule has 1 aliphatic rings. The first-order valence-electron chi connectivity index (χ1n) is 7.82. The number of carboxylic acids is 1. The highest BCUT2D eigenvalue weighted by Crippen LogP contribution is 2.36. The van der Waals surface area contributed by atoms with Crippen LogP contribution in [0.15, 0.2) is 24.3 Å². The van der Waals surface area contributed by atoms with Crippen LogP contribution in [0.4, 0.5) is 5.69 Å². The Morgan fingerprint density at radius 3 is 2.38 bits per heavy atom. The largest absolute Gasteiger partial charge is 0.481 e. The van der Waals surface area contributed by atoms with Crippen molar-refractivity contribution in [3.05, 3.63) is 29.8 Å². The van der Waals surface area contributed by atoms with Gasteiger partial charge in [-0.05, 0) is 25.0 Å². The number of hydrogen-bond donors (Lipinski definition) is 3. The molecule has 2 rings (SSSR count). The van der Waals surface area contributed by atoms with Gasteiger partial charge in [0.1, 0.15) is 0 Å². The second-order valence-electron chi connectivity index (χ2n) is 6.25. The summed E-state index contributed by atoms with van der Waals surface area (Å²) in [6.45, 7) is 0.0361. The first-order valence-corrected chi connectivity index (χ1v) is 9.71. The molecule has 1 aromatic rings. The summed E-state index contributed by atoms with van der Waals surface area (Å²) < 4.78 is 25.1. The van der Waals surface area contributed by atoms with E-state index in [-0.39, 0.29) is 17.8 Å². The van der Waals surface area contributed by atoms with Crippen LogP contribution >= 0.6 is 0 Å². The van der Waals surface area contributed by atoms with Crippen LogP contribution in [-0.2, 0) is 14.8 Å². The molecule has 0 heterocycles. The van der Waals surface area contributed by atoms with E-state index in [0.29, 0.717) is 12.8 Å². The number of carbonyl (C=O) groups excluding carboxylic acids is 1. The fourth-order valence-electron chi connectivity index (χ4n) is 3.01. The normalized spacial score (nSPS) is 17.0. The van der Waals surface area contributed by atoms with E-state index >= 15 is 0 Å². The van der Waals surface area contributed by atoms with Crippen molar-refractivity contribution in [2.24, 2.45) is 5.41 Å². The fourth-order valence-corrected chi connectivity index (χ4v) is 3.59. The Morgan fingerprint density at radius 2 is 1.79 bits per heavy atom. The van der Waals surface area contributed by atoms with Crippen LogP contribution in [-0.4, -0.2) is 38.2 Å². The van der Waals surface area contributed by atoms with Gasteiger partial charge in [-0.1, -0.05) is 31.4 Å². The number of sulfonamides is 1. The summed E-state index contributed by atoms with van der Waals surface area (Å²) in [4.78, 5) is 24.1. The number of nitrogens with one attached hydrogen (secondary N) is 2. The number of carboxylic acid groups (broad SMARTS) is 1. The van der Waals surface area contributed by atoms with Gasteiger partial charge in [0.25, 0.3) is 5.91 Å². The quantitative estimate of drug-likeness (QED) is 0.721. The van der Waals surface area contributed by atoms with Crippen LogP contribution in [0.2, 0.25) is 0 Å². The smallest absolute Gasteiger partial charge is 0.311 e. The van der Waals surface area contributed by atoms with Crippen molar-refractivity contribution in [1.82, 2.24) is 5.32 Å². The van der Waals surface area contributed by atoms with Crippen molar-refractivity contribution in [3.8, 4) is 0 Å². The van der Waals surface area contributed by atoms with E-state index in [1.807, 2.05) is 0 Å². The molecule has 0 unspecified atom stereocenters. The molecule has 1 saturated carbocycles. The van der Waals surface area contributed by atoms with Gasteiger partial charge in [-0.15, -0.1) is 0 Å². The Morgan fingerprint density at radius 1 is 1.17 bits per heavy atom. The van der Waals surface area contributed by atoms with Gasteiger partial charge >= 0.3 is 5.97 Å². The average Bonchev–Trinajstić information content (AvgIpc) is 2.52. The highest BCUT2D eigenvalue weighted by atomic mass is 32.2. The number of hydrogen-bond acceptors (Lipinski definition) is 4. The van der Waals surface area contributed by atoms with E-state index in [9.17, 15) is 23.1 Å².